The lowest BCUT2D eigenvalue weighted by Gasteiger charge is -2.22. The molecule has 0 amide bonds. The number of hydrogen-bond acceptors (Lipinski definition) is 6. The van der Waals surface area contributed by atoms with Gasteiger partial charge in [0.1, 0.15) is 0 Å². The molecule has 2 aliphatic carbocycles. The highest BCUT2D eigenvalue weighted by atomic mass is 32.2. The van der Waals surface area contributed by atoms with Crippen molar-refractivity contribution in [2.45, 2.75) is 63.9 Å². The van der Waals surface area contributed by atoms with E-state index in [1.165, 1.54) is 35.1 Å². The van der Waals surface area contributed by atoms with Crippen LogP contribution in [-0.2, 0) is 35.7 Å². The van der Waals surface area contributed by atoms with Crippen molar-refractivity contribution in [3.8, 4) is 0 Å². The number of sulfonamides is 1. The van der Waals surface area contributed by atoms with E-state index in [4.69, 9.17) is 0 Å². The number of nitrogens with one attached hydrogen (secondary N) is 2. The first-order chi connectivity index (χ1) is 15.5. The Hall–Kier alpha value is -1.97. The predicted molar refractivity (Wildman–Crippen MR) is 125 cm³/mol. The topological polar surface area (TPSA) is 94.2 Å². The number of anilines is 2. The molecule has 1 aromatic carbocycles. The first-order valence-corrected chi connectivity index (χ1v) is 13.5. The van der Waals surface area contributed by atoms with Gasteiger partial charge in [-0.25, -0.2) is 13.5 Å². The smallest absolute Gasteiger partial charge is 0.278 e. The van der Waals surface area contributed by atoms with E-state index in [9.17, 15) is 8.42 Å². The molecule has 8 nitrogen and oxygen atoms in total. The zero-order valence-electron chi connectivity index (χ0n) is 19.2. The molecule has 5 rings (SSSR count). The third-order valence-corrected chi connectivity index (χ3v) is 9.10. The van der Waals surface area contributed by atoms with E-state index in [0.717, 1.165) is 57.4 Å². The first kappa shape index (κ1) is 21.9. The summed E-state index contributed by atoms with van der Waals surface area (Å²) in [6.45, 7) is 8.29. The van der Waals surface area contributed by atoms with Crippen LogP contribution < -0.4 is 5.32 Å². The standard InChI is InChI=1S/C23H34N6O2S/c1-3-28(4-2)14-16-11-12-29(15-16)32(30,31)23-25-22(26-27-23)24-21-19-9-5-7-17(19)13-18-8-6-10-20(18)21/h13,16H,3-12,14-15H2,1-2H3,(H2,24,25,26,27)/t16-/m0/s1. The van der Waals surface area contributed by atoms with Crippen LogP contribution in [0.1, 0.15) is 55.4 Å². The molecule has 1 aromatic heterocycles. The average molecular weight is 459 g/mol. The zero-order valence-corrected chi connectivity index (χ0v) is 20.0. The summed E-state index contributed by atoms with van der Waals surface area (Å²) in [5.74, 6) is 0.705. The van der Waals surface area contributed by atoms with Crippen LogP contribution in [0.15, 0.2) is 11.2 Å². The highest BCUT2D eigenvalue weighted by Gasteiger charge is 2.35. The third kappa shape index (κ3) is 3.95. The van der Waals surface area contributed by atoms with Crippen molar-refractivity contribution in [2.24, 2.45) is 5.92 Å². The average Bonchev–Trinajstić information content (AvgIpc) is 3.58. The van der Waals surface area contributed by atoms with Crippen LogP contribution in [0.5, 0.6) is 0 Å². The molecule has 0 radical (unpaired) electrons. The number of aromatic nitrogens is 3. The Morgan fingerprint density at radius 2 is 1.81 bits per heavy atom. The molecule has 0 spiro atoms. The fourth-order valence-electron chi connectivity index (χ4n) is 5.63. The van der Waals surface area contributed by atoms with E-state index in [2.05, 4.69) is 45.3 Å². The number of nitrogens with zero attached hydrogens (tertiary/aromatic N) is 4. The van der Waals surface area contributed by atoms with Crippen molar-refractivity contribution in [2.75, 3.05) is 38.0 Å². The van der Waals surface area contributed by atoms with Crippen molar-refractivity contribution >= 4 is 21.7 Å². The third-order valence-electron chi connectivity index (χ3n) is 7.42. The van der Waals surface area contributed by atoms with Crippen LogP contribution >= 0.6 is 0 Å². The van der Waals surface area contributed by atoms with Crippen LogP contribution in [0.2, 0.25) is 0 Å². The summed E-state index contributed by atoms with van der Waals surface area (Å²) in [7, 11) is -3.67. The van der Waals surface area contributed by atoms with Crippen molar-refractivity contribution in [1.29, 1.82) is 0 Å². The summed E-state index contributed by atoms with van der Waals surface area (Å²) in [4.78, 5) is 6.73. The van der Waals surface area contributed by atoms with Gasteiger partial charge in [-0.2, -0.15) is 9.29 Å². The van der Waals surface area contributed by atoms with Crippen LogP contribution in [-0.4, -0.2) is 65.5 Å². The lowest BCUT2D eigenvalue weighted by molar-refractivity contribution is 0.256. The Morgan fingerprint density at radius 3 is 2.47 bits per heavy atom. The van der Waals surface area contributed by atoms with E-state index in [-0.39, 0.29) is 5.16 Å². The van der Waals surface area contributed by atoms with Gasteiger partial charge in [-0.05, 0) is 86.2 Å². The van der Waals surface area contributed by atoms with E-state index in [0.29, 0.717) is 25.0 Å². The molecule has 1 saturated heterocycles. The lowest BCUT2D eigenvalue weighted by atomic mass is 9.99. The van der Waals surface area contributed by atoms with E-state index >= 15 is 0 Å². The summed E-state index contributed by atoms with van der Waals surface area (Å²) >= 11 is 0. The van der Waals surface area contributed by atoms with Gasteiger partial charge < -0.3 is 10.2 Å². The monoisotopic (exact) mass is 458 g/mol. The van der Waals surface area contributed by atoms with Crippen molar-refractivity contribution in [3.05, 3.63) is 28.3 Å². The van der Waals surface area contributed by atoms with Gasteiger partial charge in [0, 0.05) is 25.3 Å². The molecule has 1 aliphatic heterocycles. The second-order valence-corrected chi connectivity index (χ2v) is 11.2. The van der Waals surface area contributed by atoms with E-state index < -0.39 is 10.0 Å². The summed E-state index contributed by atoms with van der Waals surface area (Å²) in [5, 5.41) is 10.3. The van der Waals surface area contributed by atoms with Crippen molar-refractivity contribution < 1.29 is 8.42 Å². The van der Waals surface area contributed by atoms with E-state index in [1.54, 1.807) is 4.31 Å². The maximum Gasteiger partial charge on any atom is 0.278 e. The second-order valence-electron chi connectivity index (χ2n) is 9.33. The highest BCUT2D eigenvalue weighted by Crippen LogP contribution is 2.39. The summed E-state index contributed by atoms with van der Waals surface area (Å²) in [5.41, 5.74) is 6.69. The molecule has 9 heteroatoms. The molecule has 2 aromatic rings. The fourth-order valence-corrected chi connectivity index (χ4v) is 6.99. The minimum atomic E-state index is -3.67. The maximum absolute atomic E-state index is 13.2. The molecule has 3 aliphatic rings. The second kappa shape index (κ2) is 8.76. The first-order valence-electron chi connectivity index (χ1n) is 12.1. The lowest BCUT2D eigenvalue weighted by Crippen LogP contribution is -2.33. The Labute approximate surface area is 190 Å². The number of H-pyrrole nitrogens is 1. The Kier molecular flexibility index (Phi) is 5.98. The summed E-state index contributed by atoms with van der Waals surface area (Å²) in [6, 6.07) is 2.38. The van der Waals surface area contributed by atoms with Crippen LogP contribution in [0.4, 0.5) is 11.6 Å². The number of benzene rings is 1. The zero-order chi connectivity index (χ0) is 22.3. The molecule has 0 unspecified atom stereocenters. The minimum Gasteiger partial charge on any atom is -0.322 e. The van der Waals surface area contributed by atoms with Crippen LogP contribution in [0.3, 0.4) is 0 Å². The quantitative estimate of drug-likeness (QED) is 0.632. The van der Waals surface area contributed by atoms with Crippen molar-refractivity contribution in [1.82, 2.24) is 24.4 Å². The van der Waals surface area contributed by atoms with Crippen LogP contribution in [0.25, 0.3) is 0 Å². The summed E-state index contributed by atoms with van der Waals surface area (Å²) in [6.07, 6.45) is 7.58. The summed E-state index contributed by atoms with van der Waals surface area (Å²) < 4.78 is 28.0. The van der Waals surface area contributed by atoms with Gasteiger partial charge in [0.2, 0.25) is 5.95 Å². The minimum absolute atomic E-state index is 0.0623. The van der Waals surface area contributed by atoms with Gasteiger partial charge >= 0.3 is 0 Å². The Balaban J connectivity index is 1.33. The molecular formula is C23H34N6O2S. The highest BCUT2D eigenvalue weighted by molar-refractivity contribution is 7.89. The normalized spacial score (nSPS) is 20.8. The molecule has 2 heterocycles. The fraction of sp³-hybridized carbons (Fsp3) is 0.652. The Morgan fingerprint density at radius 1 is 1.12 bits per heavy atom. The molecule has 0 bridgehead atoms. The van der Waals surface area contributed by atoms with Gasteiger partial charge in [0.25, 0.3) is 15.2 Å². The molecule has 32 heavy (non-hydrogen) atoms. The molecule has 0 saturated carbocycles. The van der Waals surface area contributed by atoms with Gasteiger partial charge in [0.05, 0.1) is 0 Å². The van der Waals surface area contributed by atoms with Gasteiger partial charge in [-0.3, -0.25) is 0 Å². The van der Waals surface area contributed by atoms with Gasteiger partial charge in [-0.15, -0.1) is 5.10 Å². The van der Waals surface area contributed by atoms with Crippen LogP contribution in [0, 0.1) is 5.92 Å². The van der Waals surface area contributed by atoms with Crippen molar-refractivity contribution in [3.63, 3.8) is 0 Å². The molecule has 2 N–H and O–H groups in total. The number of hydrogen-bond donors (Lipinski definition) is 2. The van der Waals surface area contributed by atoms with Gasteiger partial charge in [0.15, 0.2) is 0 Å². The molecule has 1 atom stereocenters. The predicted octanol–water partition coefficient (Wildman–Crippen LogP) is 2.88. The maximum atomic E-state index is 13.2. The number of fused-ring (bicyclic) bond motifs is 2. The molecule has 174 valence electrons. The number of rotatable bonds is 8. The van der Waals surface area contributed by atoms with Gasteiger partial charge in [-0.1, -0.05) is 19.9 Å². The number of aryl methyl sites for hydroxylation is 2. The largest absolute Gasteiger partial charge is 0.322 e. The number of aromatic amines is 1. The van der Waals surface area contributed by atoms with E-state index in [1.807, 2.05) is 0 Å². The molecule has 1 fully saturated rings. The molecular weight excluding hydrogens is 424 g/mol. The SMILES string of the molecule is CCN(CC)C[C@@H]1CCN(S(=O)(=O)c2nc(Nc3c4c(cc5c3CCC5)CCC4)n[nH]2)C1. The Bertz CT molecular complexity index is 1060.